The van der Waals surface area contributed by atoms with Gasteiger partial charge in [-0.3, -0.25) is 4.90 Å². The summed E-state index contributed by atoms with van der Waals surface area (Å²) in [7, 11) is 0. The molecule has 0 amide bonds. The minimum absolute atomic E-state index is 0.804. The molecule has 0 aromatic carbocycles. The van der Waals surface area contributed by atoms with Crippen molar-refractivity contribution < 1.29 is 0 Å². The van der Waals surface area contributed by atoms with Crippen molar-refractivity contribution in [2.24, 2.45) is 5.92 Å². The number of nitrogens with one attached hydrogen (secondary N) is 1. The molecule has 0 spiro atoms. The number of rotatable bonds is 2. The van der Waals surface area contributed by atoms with Gasteiger partial charge < -0.3 is 5.32 Å². The molecule has 1 unspecified atom stereocenters. The fourth-order valence-electron chi connectivity index (χ4n) is 3.91. The van der Waals surface area contributed by atoms with E-state index >= 15 is 0 Å². The second-order valence-corrected chi connectivity index (χ2v) is 6.39. The van der Waals surface area contributed by atoms with Gasteiger partial charge in [0.05, 0.1) is 0 Å². The van der Waals surface area contributed by atoms with Gasteiger partial charge in [-0.25, -0.2) is 0 Å². The third-order valence-electron chi connectivity index (χ3n) is 5.27. The molecule has 2 nitrogen and oxygen atoms in total. The summed E-state index contributed by atoms with van der Waals surface area (Å²) < 4.78 is 0. The lowest BCUT2D eigenvalue weighted by molar-refractivity contribution is 0.110. The molecule has 1 saturated heterocycles. The Morgan fingerprint density at radius 3 is 2.35 bits per heavy atom. The lowest BCUT2D eigenvalue weighted by Gasteiger charge is -2.40. The van der Waals surface area contributed by atoms with E-state index in [0.29, 0.717) is 0 Å². The third-order valence-corrected chi connectivity index (χ3v) is 5.27. The van der Waals surface area contributed by atoms with E-state index in [1.54, 1.807) is 0 Å². The second-order valence-electron chi connectivity index (χ2n) is 6.39. The van der Waals surface area contributed by atoms with Crippen molar-refractivity contribution in [3.63, 3.8) is 0 Å². The average Bonchev–Trinajstić information content (AvgIpc) is 2.54. The first-order valence-electron chi connectivity index (χ1n) is 7.91. The third kappa shape index (κ3) is 2.85. The predicted molar refractivity (Wildman–Crippen MR) is 72.2 cm³/mol. The maximum Gasteiger partial charge on any atom is 0.0223 e. The van der Waals surface area contributed by atoms with Crippen LogP contribution in [0.15, 0.2) is 0 Å². The van der Waals surface area contributed by atoms with Gasteiger partial charge >= 0.3 is 0 Å². The highest BCUT2D eigenvalue weighted by atomic mass is 15.2. The smallest absolute Gasteiger partial charge is 0.0223 e. The minimum Gasteiger partial charge on any atom is -0.312 e. The molecule has 2 heteroatoms. The highest BCUT2D eigenvalue weighted by molar-refractivity contribution is 4.89. The van der Waals surface area contributed by atoms with Crippen LogP contribution in [0.25, 0.3) is 0 Å². The summed E-state index contributed by atoms with van der Waals surface area (Å²) in [5.41, 5.74) is 0. The van der Waals surface area contributed by atoms with Crippen molar-refractivity contribution in [3.05, 3.63) is 0 Å². The molecule has 98 valence electrons. The highest BCUT2D eigenvalue weighted by Gasteiger charge is 2.31. The van der Waals surface area contributed by atoms with Gasteiger partial charge in [0.25, 0.3) is 0 Å². The van der Waals surface area contributed by atoms with Gasteiger partial charge in [0.1, 0.15) is 0 Å². The van der Waals surface area contributed by atoms with Gasteiger partial charge in [-0.05, 0) is 51.1 Å². The van der Waals surface area contributed by atoms with Crippen molar-refractivity contribution >= 4 is 0 Å². The highest BCUT2D eigenvalue weighted by Crippen LogP contribution is 2.30. The van der Waals surface area contributed by atoms with Crippen LogP contribution in [0, 0.1) is 5.92 Å². The molecule has 2 aliphatic carbocycles. The number of hydrogen-bond donors (Lipinski definition) is 1. The maximum atomic E-state index is 3.84. The molecular formula is C15H28N2. The van der Waals surface area contributed by atoms with E-state index in [1.807, 2.05) is 0 Å². The van der Waals surface area contributed by atoms with Gasteiger partial charge in [-0.1, -0.05) is 25.7 Å². The molecule has 0 bridgehead atoms. The summed E-state index contributed by atoms with van der Waals surface area (Å²) in [6.07, 6.45) is 13.2. The zero-order valence-corrected chi connectivity index (χ0v) is 11.2. The Morgan fingerprint density at radius 2 is 1.65 bits per heavy atom. The van der Waals surface area contributed by atoms with Crippen LogP contribution in [0.5, 0.6) is 0 Å². The van der Waals surface area contributed by atoms with Gasteiger partial charge in [0.2, 0.25) is 0 Å². The van der Waals surface area contributed by atoms with Gasteiger partial charge in [-0.15, -0.1) is 0 Å². The van der Waals surface area contributed by atoms with Crippen molar-refractivity contribution in [1.82, 2.24) is 10.2 Å². The zero-order chi connectivity index (χ0) is 11.5. The molecule has 1 atom stereocenters. The second kappa shape index (κ2) is 5.71. The van der Waals surface area contributed by atoms with Crippen molar-refractivity contribution in [2.75, 3.05) is 19.6 Å². The Balaban J connectivity index is 1.58. The molecule has 3 fully saturated rings. The zero-order valence-electron chi connectivity index (χ0n) is 11.2. The van der Waals surface area contributed by atoms with E-state index < -0.39 is 0 Å². The van der Waals surface area contributed by atoms with E-state index in [1.165, 1.54) is 77.4 Å². The van der Waals surface area contributed by atoms with Crippen LogP contribution in [0.2, 0.25) is 0 Å². The van der Waals surface area contributed by atoms with E-state index in [-0.39, 0.29) is 0 Å². The summed E-state index contributed by atoms with van der Waals surface area (Å²) in [5, 5.41) is 3.84. The molecular weight excluding hydrogens is 208 g/mol. The Labute approximate surface area is 106 Å². The number of hydrogen-bond acceptors (Lipinski definition) is 2. The van der Waals surface area contributed by atoms with E-state index in [0.717, 1.165) is 18.0 Å². The topological polar surface area (TPSA) is 15.3 Å². The minimum atomic E-state index is 0.804. The molecule has 1 aliphatic heterocycles. The quantitative estimate of drug-likeness (QED) is 0.793. The van der Waals surface area contributed by atoms with E-state index in [9.17, 15) is 0 Å². The largest absolute Gasteiger partial charge is 0.312 e. The van der Waals surface area contributed by atoms with Crippen molar-refractivity contribution in [2.45, 2.75) is 69.9 Å². The lowest BCUT2D eigenvalue weighted by atomic mass is 9.83. The summed E-state index contributed by atoms with van der Waals surface area (Å²) in [4.78, 5) is 2.81. The maximum absolute atomic E-state index is 3.84. The molecule has 1 heterocycles. The van der Waals surface area contributed by atoms with Gasteiger partial charge in [0.15, 0.2) is 0 Å². The molecule has 0 aromatic heterocycles. The van der Waals surface area contributed by atoms with E-state index in [2.05, 4.69) is 10.2 Å². The van der Waals surface area contributed by atoms with Crippen molar-refractivity contribution in [1.29, 1.82) is 0 Å². The molecule has 0 aromatic rings. The predicted octanol–water partition coefficient (Wildman–Crippen LogP) is 2.78. The van der Waals surface area contributed by atoms with Crippen molar-refractivity contribution in [3.8, 4) is 0 Å². The van der Waals surface area contributed by atoms with E-state index in [4.69, 9.17) is 0 Å². The Hall–Kier alpha value is -0.0800. The Kier molecular flexibility index (Phi) is 4.02. The van der Waals surface area contributed by atoms with Crippen LogP contribution in [-0.2, 0) is 0 Å². The van der Waals surface area contributed by atoms with Crippen LogP contribution in [0.3, 0.4) is 0 Å². The molecule has 2 saturated carbocycles. The van der Waals surface area contributed by atoms with Crippen LogP contribution < -0.4 is 5.32 Å². The summed E-state index contributed by atoms with van der Waals surface area (Å²) in [6.45, 7) is 3.95. The van der Waals surface area contributed by atoms with Gasteiger partial charge in [-0.2, -0.15) is 0 Å². The SMILES string of the molecule is C1CCC(C2CN(C3CCC3)CCCN2)CC1. The standard InChI is InChI=1S/C15H28N2/c1-2-6-13(7-3-1)15-12-17(11-5-10-16-15)14-8-4-9-14/h13-16H,1-12H2. The summed E-state index contributed by atoms with van der Waals surface area (Å²) in [6, 6.07) is 1.75. The lowest BCUT2D eigenvalue weighted by Crippen LogP contribution is -2.48. The Morgan fingerprint density at radius 1 is 0.824 bits per heavy atom. The molecule has 3 aliphatic rings. The monoisotopic (exact) mass is 236 g/mol. The molecule has 3 rings (SSSR count). The first-order chi connectivity index (χ1) is 8.43. The fourth-order valence-corrected chi connectivity index (χ4v) is 3.91. The number of nitrogens with zero attached hydrogens (tertiary/aromatic N) is 1. The fraction of sp³-hybridized carbons (Fsp3) is 1.00. The summed E-state index contributed by atoms with van der Waals surface area (Å²) >= 11 is 0. The Bertz CT molecular complexity index is 231. The normalized spacial score (nSPS) is 34.2. The van der Waals surface area contributed by atoms with Crippen LogP contribution >= 0.6 is 0 Å². The molecule has 1 N–H and O–H groups in total. The van der Waals surface area contributed by atoms with Crippen LogP contribution in [-0.4, -0.2) is 36.6 Å². The first-order valence-corrected chi connectivity index (χ1v) is 7.91. The molecule has 0 radical (unpaired) electrons. The summed E-state index contributed by atoms with van der Waals surface area (Å²) in [5.74, 6) is 0.976. The van der Waals surface area contributed by atoms with Crippen LogP contribution in [0.4, 0.5) is 0 Å². The average molecular weight is 236 g/mol. The molecule has 17 heavy (non-hydrogen) atoms. The van der Waals surface area contributed by atoms with Crippen LogP contribution in [0.1, 0.15) is 57.8 Å². The first kappa shape index (κ1) is 12.0. The van der Waals surface area contributed by atoms with Gasteiger partial charge in [0, 0.05) is 18.6 Å².